The van der Waals surface area contributed by atoms with E-state index in [9.17, 15) is 29.4 Å². The lowest BCUT2D eigenvalue weighted by atomic mass is 9.84. The Labute approximate surface area is 184 Å². The van der Waals surface area contributed by atoms with Gasteiger partial charge in [-0.1, -0.05) is 59.3 Å². The minimum absolute atomic E-state index is 0.0560. The standard InChI is InChI=1S/C22H38O9/c1-4-7-10-13-29-17(23)16-22(28,21(27)31-15-12-9-6-3)18(19(24)25)20(26)30-14-11-8-5-2/h18,28H,4-16H2,1-3H3,(H,24,25). The number of esters is 3. The molecule has 0 aromatic carbocycles. The van der Waals surface area contributed by atoms with E-state index in [2.05, 4.69) is 0 Å². The van der Waals surface area contributed by atoms with E-state index >= 15 is 0 Å². The van der Waals surface area contributed by atoms with Gasteiger partial charge in [-0.15, -0.1) is 0 Å². The summed E-state index contributed by atoms with van der Waals surface area (Å²) in [4.78, 5) is 49.1. The lowest BCUT2D eigenvalue weighted by Crippen LogP contribution is -2.55. The predicted molar refractivity (Wildman–Crippen MR) is 112 cm³/mol. The summed E-state index contributed by atoms with van der Waals surface area (Å²) in [6.45, 7) is 5.80. The normalized spacial score (nSPS) is 13.7. The molecule has 0 aromatic rings. The van der Waals surface area contributed by atoms with Crippen LogP contribution in [-0.4, -0.2) is 59.5 Å². The van der Waals surface area contributed by atoms with Crippen molar-refractivity contribution in [1.82, 2.24) is 0 Å². The van der Waals surface area contributed by atoms with Crippen LogP contribution >= 0.6 is 0 Å². The van der Waals surface area contributed by atoms with E-state index < -0.39 is 41.8 Å². The summed E-state index contributed by atoms with van der Waals surface area (Å²) in [7, 11) is 0. The Morgan fingerprint density at radius 1 is 0.742 bits per heavy atom. The van der Waals surface area contributed by atoms with Crippen LogP contribution in [0.3, 0.4) is 0 Å². The number of carboxylic acids is 1. The zero-order valence-electron chi connectivity index (χ0n) is 19.0. The Morgan fingerprint density at radius 3 is 1.65 bits per heavy atom. The monoisotopic (exact) mass is 446 g/mol. The Bertz CT molecular complexity index is 561. The zero-order valence-corrected chi connectivity index (χ0v) is 19.0. The molecule has 0 fully saturated rings. The minimum Gasteiger partial charge on any atom is -0.481 e. The maximum Gasteiger partial charge on any atom is 0.340 e. The van der Waals surface area contributed by atoms with Crippen LogP contribution in [-0.2, 0) is 33.4 Å². The van der Waals surface area contributed by atoms with Gasteiger partial charge in [-0.05, 0) is 19.3 Å². The number of carboxylic acid groups (broad SMARTS) is 1. The number of carbonyl (C=O) groups excluding carboxylic acids is 3. The van der Waals surface area contributed by atoms with E-state index in [0.717, 1.165) is 38.5 Å². The Balaban J connectivity index is 5.45. The highest BCUT2D eigenvalue weighted by Crippen LogP contribution is 2.27. The average Bonchev–Trinajstić information content (AvgIpc) is 2.71. The van der Waals surface area contributed by atoms with Crippen molar-refractivity contribution in [2.75, 3.05) is 19.8 Å². The average molecular weight is 447 g/mol. The molecule has 0 heterocycles. The molecule has 2 atom stereocenters. The summed E-state index contributed by atoms with van der Waals surface area (Å²) in [5.74, 6) is -7.74. The molecule has 9 nitrogen and oxygen atoms in total. The third kappa shape index (κ3) is 11.1. The Kier molecular flexibility index (Phi) is 15.4. The molecule has 0 rings (SSSR count). The van der Waals surface area contributed by atoms with Gasteiger partial charge in [-0.3, -0.25) is 14.4 Å². The maximum absolute atomic E-state index is 12.6. The van der Waals surface area contributed by atoms with Crippen molar-refractivity contribution in [1.29, 1.82) is 0 Å². The fourth-order valence-corrected chi connectivity index (χ4v) is 2.85. The molecule has 0 spiro atoms. The number of rotatable bonds is 18. The second-order valence-electron chi connectivity index (χ2n) is 7.52. The molecule has 9 heteroatoms. The fourth-order valence-electron chi connectivity index (χ4n) is 2.85. The second-order valence-corrected chi connectivity index (χ2v) is 7.52. The van der Waals surface area contributed by atoms with Crippen LogP contribution in [0.25, 0.3) is 0 Å². The van der Waals surface area contributed by atoms with Gasteiger partial charge < -0.3 is 24.4 Å². The van der Waals surface area contributed by atoms with E-state index in [1.165, 1.54) is 0 Å². The van der Waals surface area contributed by atoms with Gasteiger partial charge in [0, 0.05) is 0 Å². The number of ether oxygens (including phenoxy) is 3. The van der Waals surface area contributed by atoms with Crippen LogP contribution in [0.4, 0.5) is 0 Å². The first-order valence-electron chi connectivity index (χ1n) is 11.2. The van der Waals surface area contributed by atoms with Gasteiger partial charge in [0.05, 0.1) is 26.2 Å². The molecule has 31 heavy (non-hydrogen) atoms. The first kappa shape index (κ1) is 28.8. The van der Waals surface area contributed by atoms with Crippen LogP contribution in [0.15, 0.2) is 0 Å². The van der Waals surface area contributed by atoms with Crippen LogP contribution < -0.4 is 0 Å². The smallest absolute Gasteiger partial charge is 0.340 e. The Morgan fingerprint density at radius 2 is 1.19 bits per heavy atom. The predicted octanol–water partition coefficient (Wildman–Crippen LogP) is 3.01. The fraction of sp³-hybridized carbons (Fsp3) is 0.818. The minimum atomic E-state index is -2.93. The third-order valence-corrected chi connectivity index (χ3v) is 4.71. The van der Waals surface area contributed by atoms with E-state index in [-0.39, 0.29) is 19.8 Å². The van der Waals surface area contributed by atoms with Crippen molar-refractivity contribution in [2.45, 2.75) is 90.6 Å². The molecule has 0 amide bonds. The molecule has 0 bridgehead atoms. The summed E-state index contributed by atoms with van der Waals surface area (Å²) in [6.07, 6.45) is 5.52. The molecular weight excluding hydrogens is 408 g/mol. The number of aliphatic hydroxyl groups is 1. The van der Waals surface area contributed by atoms with Crippen LogP contribution in [0.2, 0.25) is 0 Å². The molecule has 2 unspecified atom stereocenters. The summed E-state index contributed by atoms with van der Waals surface area (Å²) < 4.78 is 15.0. The Hall–Kier alpha value is -2.16. The number of unbranched alkanes of at least 4 members (excludes halogenated alkanes) is 6. The molecule has 0 aliphatic heterocycles. The molecule has 0 aliphatic rings. The molecule has 0 radical (unpaired) electrons. The van der Waals surface area contributed by atoms with Crippen molar-refractivity contribution in [3.63, 3.8) is 0 Å². The first-order chi connectivity index (χ1) is 14.7. The highest BCUT2D eigenvalue weighted by molar-refractivity contribution is 6.03. The van der Waals surface area contributed by atoms with Gasteiger partial charge in [0.15, 0.2) is 11.5 Å². The second kappa shape index (κ2) is 16.5. The van der Waals surface area contributed by atoms with Gasteiger partial charge in [0.2, 0.25) is 0 Å². The largest absolute Gasteiger partial charge is 0.481 e. The molecular formula is C22H38O9. The molecule has 2 N–H and O–H groups in total. The molecule has 0 saturated heterocycles. The van der Waals surface area contributed by atoms with E-state index in [4.69, 9.17) is 14.2 Å². The number of carbonyl (C=O) groups is 4. The van der Waals surface area contributed by atoms with Gasteiger partial charge in [0.25, 0.3) is 0 Å². The number of hydrogen-bond acceptors (Lipinski definition) is 8. The topological polar surface area (TPSA) is 136 Å². The van der Waals surface area contributed by atoms with Crippen molar-refractivity contribution >= 4 is 23.9 Å². The van der Waals surface area contributed by atoms with Gasteiger partial charge in [0.1, 0.15) is 0 Å². The van der Waals surface area contributed by atoms with E-state index in [0.29, 0.717) is 19.3 Å². The van der Waals surface area contributed by atoms with E-state index in [1.807, 2.05) is 20.8 Å². The van der Waals surface area contributed by atoms with Crippen LogP contribution in [0.1, 0.15) is 85.0 Å². The van der Waals surface area contributed by atoms with Crippen molar-refractivity contribution < 1.29 is 43.6 Å². The first-order valence-corrected chi connectivity index (χ1v) is 11.2. The van der Waals surface area contributed by atoms with Crippen molar-refractivity contribution in [3.05, 3.63) is 0 Å². The third-order valence-electron chi connectivity index (χ3n) is 4.71. The SMILES string of the molecule is CCCCCOC(=O)CC(O)(C(=O)OCCCCC)C(C(=O)O)C(=O)OCCCCC. The molecule has 0 aliphatic carbocycles. The highest BCUT2D eigenvalue weighted by atomic mass is 16.6. The zero-order chi connectivity index (χ0) is 23.7. The number of aliphatic carboxylic acids is 1. The van der Waals surface area contributed by atoms with Crippen LogP contribution in [0.5, 0.6) is 0 Å². The molecule has 0 aromatic heterocycles. The summed E-state index contributed by atoms with van der Waals surface area (Å²) in [5, 5.41) is 20.5. The highest BCUT2D eigenvalue weighted by Gasteiger charge is 2.56. The lowest BCUT2D eigenvalue weighted by Gasteiger charge is -2.29. The molecule has 0 saturated carbocycles. The van der Waals surface area contributed by atoms with Gasteiger partial charge in [-0.2, -0.15) is 0 Å². The summed E-state index contributed by atoms with van der Waals surface area (Å²) in [6, 6.07) is 0. The lowest BCUT2D eigenvalue weighted by molar-refractivity contribution is -0.192. The van der Waals surface area contributed by atoms with Crippen molar-refractivity contribution in [2.24, 2.45) is 5.92 Å². The van der Waals surface area contributed by atoms with Gasteiger partial charge in [-0.25, -0.2) is 4.79 Å². The quantitative estimate of drug-likeness (QED) is 0.141. The van der Waals surface area contributed by atoms with Crippen molar-refractivity contribution in [3.8, 4) is 0 Å². The van der Waals surface area contributed by atoms with Gasteiger partial charge >= 0.3 is 23.9 Å². The summed E-state index contributed by atoms with van der Waals surface area (Å²) >= 11 is 0. The molecule has 180 valence electrons. The van der Waals surface area contributed by atoms with E-state index in [1.54, 1.807) is 0 Å². The maximum atomic E-state index is 12.6. The number of hydrogen-bond donors (Lipinski definition) is 2. The van der Waals surface area contributed by atoms with Crippen LogP contribution in [0, 0.1) is 5.92 Å². The summed E-state index contributed by atoms with van der Waals surface area (Å²) in [5.41, 5.74) is -2.93.